The average Bonchev–Trinajstić information content (AvgIpc) is 3.01. The molecule has 3 rings (SSSR count). The SMILES string of the molecule is CCOC(=O)/C=C1/CCC(c2ccc(Cl)cc2)(c2ccc(Cl)cc2)O1. The normalized spacial score (nSPS) is 17.3. The van der Waals surface area contributed by atoms with Crippen molar-refractivity contribution in [2.45, 2.75) is 25.4 Å². The van der Waals surface area contributed by atoms with Crippen molar-refractivity contribution in [3.63, 3.8) is 0 Å². The van der Waals surface area contributed by atoms with Crippen LogP contribution in [0.25, 0.3) is 0 Å². The fourth-order valence-electron chi connectivity index (χ4n) is 3.05. The minimum absolute atomic E-state index is 0.335. The number of carbonyl (C=O) groups excluding carboxylic acids is 1. The van der Waals surface area contributed by atoms with E-state index in [1.165, 1.54) is 6.08 Å². The number of halogens is 2. The van der Waals surface area contributed by atoms with Crippen molar-refractivity contribution in [2.75, 3.05) is 6.61 Å². The second-order valence-electron chi connectivity index (χ2n) is 5.81. The van der Waals surface area contributed by atoms with Gasteiger partial charge in [0, 0.05) is 34.0 Å². The van der Waals surface area contributed by atoms with Gasteiger partial charge in [0.1, 0.15) is 5.76 Å². The molecule has 0 atom stereocenters. The van der Waals surface area contributed by atoms with Crippen molar-refractivity contribution in [3.8, 4) is 0 Å². The first kappa shape index (κ1) is 17.8. The summed E-state index contributed by atoms with van der Waals surface area (Å²) in [5.74, 6) is 0.226. The number of carbonyl (C=O) groups is 1. The zero-order chi connectivity index (χ0) is 17.9. The highest BCUT2D eigenvalue weighted by molar-refractivity contribution is 6.30. The van der Waals surface area contributed by atoms with Gasteiger partial charge in [0.2, 0.25) is 0 Å². The van der Waals surface area contributed by atoms with Crippen LogP contribution in [0.5, 0.6) is 0 Å². The molecule has 1 fully saturated rings. The topological polar surface area (TPSA) is 35.5 Å². The maximum absolute atomic E-state index is 11.8. The Morgan fingerprint density at radius 3 is 2.08 bits per heavy atom. The molecule has 2 aromatic rings. The molecular formula is C20H18Cl2O3. The monoisotopic (exact) mass is 376 g/mol. The molecule has 0 radical (unpaired) electrons. The minimum Gasteiger partial charge on any atom is -0.482 e. The van der Waals surface area contributed by atoms with Crippen LogP contribution in [0.4, 0.5) is 0 Å². The molecule has 2 aromatic carbocycles. The number of hydrogen-bond acceptors (Lipinski definition) is 3. The number of benzene rings is 2. The van der Waals surface area contributed by atoms with E-state index in [0.29, 0.717) is 35.3 Å². The summed E-state index contributed by atoms with van der Waals surface area (Å²) in [7, 11) is 0. The molecule has 3 nitrogen and oxygen atoms in total. The number of hydrogen-bond donors (Lipinski definition) is 0. The molecule has 1 saturated heterocycles. The van der Waals surface area contributed by atoms with Crippen LogP contribution in [-0.4, -0.2) is 12.6 Å². The first-order valence-corrected chi connectivity index (χ1v) is 8.87. The van der Waals surface area contributed by atoms with Crippen molar-refractivity contribution < 1.29 is 14.3 Å². The molecule has 0 aliphatic carbocycles. The lowest BCUT2D eigenvalue weighted by Crippen LogP contribution is -2.26. The van der Waals surface area contributed by atoms with Crippen LogP contribution in [0, 0.1) is 0 Å². The number of allylic oxidation sites excluding steroid dienone is 1. The fraction of sp³-hybridized carbons (Fsp3) is 0.250. The van der Waals surface area contributed by atoms with Gasteiger partial charge in [0.25, 0.3) is 0 Å². The summed E-state index contributed by atoms with van der Waals surface area (Å²) in [6.07, 6.45) is 2.78. The van der Waals surface area contributed by atoms with E-state index in [9.17, 15) is 4.79 Å². The Bertz CT molecular complexity index is 734. The van der Waals surface area contributed by atoms with Crippen LogP contribution < -0.4 is 0 Å². The molecule has 0 aromatic heterocycles. The Morgan fingerprint density at radius 2 is 1.60 bits per heavy atom. The van der Waals surface area contributed by atoms with Crippen LogP contribution in [0.3, 0.4) is 0 Å². The summed E-state index contributed by atoms with van der Waals surface area (Å²) in [6.45, 7) is 2.11. The fourth-order valence-corrected chi connectivity index (χ4v) is 3.31. The maximum Gasteiger partial charge on any atom is 0.334 e. The maximum atomic E-state index is 11.8. The van der Waals surface area contributed by atoms with E-state index >= 15 is 0 Å². The van der Waals surface area contributed by atoms with Gasteiger partial charge in [-0.05, 0) is 31.2 Å². The Morgan fingerprint density at radius 1 is 1.08 bits per heavy atom. The summed E-state index contributed by atoms with van der Waals surface area (Å²) < 4.78 is 11.3. The van der Waals surface area contributed by atoms with E-state index in [4.69, 9.17) is 32.7 Å². The van der Waals surface area contributed by atoms with Crippen LogP contribution in [0.1, 0.15) is 30.9 Å². The summed E-state index contributed by atoms with van der Waals surface area (Å²) in [4.78, 5) is 11.8. The highest BCUT2D eigenvalue weighted by Crippen LogP contribution is 2.46. The van der Waals surface area contributed by atoms with E-state index in [2.05, 4.69) is 0 Å². The van der Waals surface area contributed by atoms with E-state index in [1.54, 1.807) is 6.92 Å². The molecule has 0 unspecified atom stereocenters. The predicted octanol–water partition coefficient (Wildman–Crippen LogP) is 5.49. The van der Waals surface area contributed by atoms with Crippen LogP contribution >= 0.6 is 23.2 Å². The highest BCUT2D eigenvalue weighted by atomic mass is 35.5. The van der Waals surface area contributed by atoms with E-state index in [0.717, 1.165) is 11.1 Å². The second kappa shape index (κ2) is 7.51. The summed E-state index contributed by atoms with van der Waals surface area (Å²) in [6, 6.07) is 15.1. The molecule has 0 amide bonds. The zero-order valence-corrected chi connectivity index (χ0v) is 15.3. The molecule has 5 heteroatoms. The van der Waals surface area contributed by atoms with Gasteiger partial charge in [0.15, 0.2) is 5.60 Å². The van der Waals surface area contributed by atoms with Gasteiger partial charge in [-0.25, -0.2) is 4.79 Å². The first-order chi connectivity index (χ1) is 12.0. The summed E-state index contributed by atoms with van der Waals surface area (Å²) in [5, 5.41) is 1.32. The van der Waals surface area contributed by atoms with Crippen LogP contribution in [0.15, 0.2) is 60.4 Å². The molecule has 1 heterocycles. The van der Waals surface area contributed by atoms with Gasteiger partial charge in [-0.1, -0.05) is 47.5 Å². The van der Waals surface area contributed by atoms with Crippen molar-refractivity contribution in [1.82, 2.24) is 0 Å². The quantitative estimate of drug-likeness (QED) is 0.522. The van der Waals surface area contributed by atoms with Crippen LogP contribution in [0.2, 0.25) is 10.0 Å². The highest BCUT2D eigenvalue weighted by Gasteiger charge is 2.42. The van der Waals surface area contributed by atoms with Crippen molar-refractivity contribution in [3.05, 3.63) is 81.5 Å². The lowest BCUT2D eigenvalue weighted by Gasteiger charge is -2.30. The van der Waals surface area contributed by atoms with Gasteiger partial charge in [-0.3, -0.25) is 0 Å². The second-order valence-corrected chi connectivity index (χ2v) is 6.68. The number of esters is 1. The summed E-state index contributed by atoms with van der Waals surface area (Å²) >= 11 is 12.1. The van der Waals surface area contributed by atoms with Crippen LogP contribution in [-0.2, 0) is 19.9 Å². The van der Waals surface area contributed by atoms with Crippen molar-refractivity contribution in [2.24, 2.45) is 0 Å². The lowest BCUT2D eigenvalue weighted by atomic mass is 9.84. The third-order valence-electron chi connectivity index (χ3n) is 4.22. The smallest absolute Gasteiger partial charge is 0.334 e. The van der Waals surface area contributed by atoms with Crippen molar-refractivity contribution in [1.29, 1.82) is 0 Å². The molecule has 0 spiro atoms. The largest absolute Gasteiger partial charge is 0.482 e. The van der Waals surface area contributed by atoms with E-state index in [1.807, 2.05) is 48.5 Å². The Balaban J connectivity index is 2.01. The molecule has 0 N–H and O–H groups in total. The molecule has 0 saturated carbocycles. The van der Waals surface area contributed by atoms with E-state index in [-0.39, 0.29) is 5.97 Å². The Kier molecular flexibility index (Phi) is 5.36. The molecule has 1 aliphatic rings. The standard InChI is InChI=1S/C20H18Cl2O3/c1-2-24-19(23)13-18-11-12-20(25-18,14-3-7-16(21)8-4-14)15-5-9-17(22)10-6-15/h3-10,13H,2,11-12H2,1H3/b18-13-. The Labute approximate surface area is 157 Å². The van der Waals surface area contributed by atoms with Gasteiger partial charge >= 0.3 is 5.97 Å². The van der Waals surface area contributed by atoms with Gasteiger partial charge in [0.05, 0.1) is 12.7 Å². The molecule has 0 bridgehead atoms. The van der Waals surface area contributed by atoms with Crippen molar-refractivity contribution >= 4 is 29.2 Å². The third kappa shape index (κ3) is 3.83. The summed E-state index contributed by atoms with van der Waals surface area (Å²) in [5.41, 5.74) is 1.28. The van der Waals surface area contributed by atoms with E-state index < -0.39 is 5.60 Å². The zero-order valence-electron chi connectivity index (χ0n) is 13.8. The predicted molar refractivity (Wildman–Crippen MR) is 98.7 cm³/mol. The molecule has 130 valence electrons. The van der Waals surface area contributed by atoms with Gasteiger partial charge in [-0.15, -0.1) is 0 Å². The van der Waals surface area contributed by atoms with Gasteiger partial charge < -0.3 is 9.47 Å². The first-order valence-electron chi connectivity index (χ1n) is 8.12. The molecule has 1 aliphatic heterocycles. The molecule has 25 heavy (non-hydrogen) atoms. The average molecular weight is 377 g/mol. The Hall–Kier alpha value is -1.97. The number of rotatable bonds is 4. The van der Waals surface area contributed by atoms with Gasteiger partial charge in [-0.2, -0.15) is 0 Å². The third-order valence-corrected chi connectivity index (χ3v) is 4.72. The number of ether oxygens (including phenoxy) is 2. The molecular weight excluding hydrogens is 359 g/mol. The minimum atomic E-state index is -0.673. The lowest BCUT2D eigenvalue weighted by molar-refractivity contribution is -0.137.